The van der Waals surface area contributed by atoms with Gasteiger partial charge in [0.25, 0.3) is 0 Å². The van der Waals surface area contributed by atoms with Crippen LogP contribution >= 0.6 is 11.3 Å². The topological polar surface area (TPSA) is 49.5 Å². The van der Waals surface area contributed by atoms with Crippen LogP contribution in [0.3, 0.4) is 0 Å². The third-order valence-electron chi connectivity index (χ3n) is 3.11. The first-order valence-electron chi connectivity index (χ1n) is 6.31. The van der Waals surface area contributed by atoms with Gasteiger partial charge in [0, 0.05) is 18.0 Å². The molecule has 1 atom stereocenters. The number of aliphatic hydroxyl groups is 1. The minimum Gasteiger partial charge on any atom is -0.389 e. The van der Waals surface area contributed by atoms with E-state index in [1.54, 1.807) is 11.3 Å². The van der Waals surface area contributed by atoms with Crippen LogP contribution in [0, 0.1) is 11.8 Å². The number of nitrogens with zero attached hydrogens (tertiary/aromatic N) is 1. The highest BCUT2D eigenvalue weighted by Gasteiger charge is 2.28. The quantitative estimate of drug-likeness (QED) is 0.794. The van der Waals surface area contributed by atoms with Crippen molar-refractivity contribution in [3.63, 3.8) is 0 Å². The Balaban J connectivity index is 1.95. The first-order valence-corrected chi connectivity index (χ1v) is 7.13. The molecule has 4 heteroatoms. The van der Waals surface area contributed by atoms with Gasteiger partial charge in [-0.3, -0.25) is 4.90 Å². The summed E-state index contributed by atoms with van der Waals surface area (Å²) in [6.45, 7) is 5.06. The minimum absolute atomic E-state index is 0.405. The molecule has 98 valence electrons. The highest BCUT2D eigenvalue weighted by Crippen LogP contribution is 2.24. The van der Waals surface area contributed by atoms with Crippen molar-refractivity contribution in [2.45, 2.75) is 31.9 Å². The Kier molecular flexibility index (Phi) is 4.41. The van der Waals surface area contributed by atoms with E-state index < -0.39 is 5.60 Å². The molecule has 1 aliphatic heterocycles. The zero-order valence-electron chi connectivity index (χ0n) is 10.8. The van der Waals surface area contributed by atoms with E-state index in [0.717, 1.165) is 37.4 Å². The van der Waals surface area contributed by atoms with Crippen LogP contribution < -0.4 is 5.73 Å². The first-order chi connectivity index (χ1) is 8.59. The van der Waals surface area contributed by atoms with Crippen molar-refractivity contribution in [3.05, 3.63) is 21.9 Å². The van der Waals surface area contributed by atoms with Crippen molar-refractivity contribution in [1.82, 2.24) is 4.90 Å². The molecule has 2 rings (SSSR count). The fraction of sp³-hybridized carbons (Fsp3) is 0.571. The second-order valence-electron chi connectivity index (χ2n) is 5.08. The zero-order valence-corrected chi connectivity index (χ0v) is 11.6. The van der Waals surface area contributed by atoms with Gasteiger partial charge in [0.2, 0.25) is 0 Å². The number of β-amino-alcohol motifs (C(OH)–C–C–N with tert-alkyl or cyclic N) is 1. The number of rotatable bonds is 2. The molecule has 0 saturated carbocycles. The van der Waals surface area contributed by atoms with Gasteiger partial charge in [0.1, 0.15) is 0 Å². The SMILES string of the molecule is CC1(O)CCCN(Cc2ccc(C#CCN)s2)C1. The molecule has 0 radical (unpaired) electrons. The van der Waals surface area contributed by atoms with Crippen LogP contribution in [-0.2, 0) is 6.54 Å². The van der Waals surface area contributed by atoms with Crippen molar-refractivity contribution in [2.24, 2.45) is 5.73 Å². The second-order valence-corrected chi connectivity index (χ2v) is 6.25. The van der Waals surface area contributed by atoms with Crippen LogP contribution in [0.15, 0.2) is 12.1 Å². The van der Waals surface area contributed by atoms with Crippen molar-refractivity contribution in [3.8, 4) is 11.8 Å². The summed E-state index contributed by atoms with van der Waals surface area (Å²) in [5.41, 5.74) is 4.83. The maximum Gasteiger partial charge on any atom is 0.0772 e. The van der Waals surface area contributed by atoms with Gasteiger partial charge in [-0.05, 0) is 38.4 Å². The zero-order chi connectivity index (χ0) is 13.0. The molecule has 0 aromatic carbocycles. The summed E-state index contributed by atoms with van der Waals surface area (Å²) in [6, 6.07) is 4.17. The molecule has 0 spiro atoms. The Morgan fingerprint density at radius 2 is 2.39 bits per heavy atom. The summed E-state index contributed by atoms with van der Waals surface area (Å²) in [7, 11) is 0. The van der Waals surface area contributed by atoms with Gasteiger partial charge in [-0.25, -0.2) is 0 Å². The molecule has 1 aromatic heterocycles. The second kappa shape index (κ2) is 5.85. The molecule has 0 bridgehead atoms. The lowest BCUT2D eigenvalue weighted by Gasteiger charge is -2.36. The van der Waals surface area contributed by atoms with Crippen LogP contribution in [0.25, 0.3) is 0 Å². The molecule has 1 aromatic rings. The van der Waals surface area contributed by atoms with Crippen molar-refractivity contribution in [2.75, 3.05) is 19.6 Å². The molecular weight excluding hydrogens is 244 g/mol. The fourth-order valence-corrected chi connectivity index (χ4v) is 3.27. The average molecular weight is 264 g/mol. The van der Waals surface area contributed by atoms with Crippen LogP contribution in [-0.4, -0.2) is 35.2 Å². The molecule has 0 amide bonds. The minimum atomic E-state index is -0.530. The number of thiophene rings is 1. The van der Waals surface area contributed by atoms with E-state index in [1.807, 2.05) is 13.0 Å². The van der Waals surface area contributed by atoms with Crippen LogP contribution in [0.4, 0.5) is 0 Å². The summed E-state index contributed by atoms with van der Waals surface area (Å²) in [6.07, 6.45) is 1.97. The number of nitrogens with two attached hydrogens (primary N) is 1. The van der Waals surface area contributed by atoms with Gasteiger partial charge in [-0.15, -0.1) is 11.3 Å². The number of likely N-dealkylation sites (tertiary alicyclic amines) is 1. The normalized spacial score (nSPS) is 24.6. The predicted molar refractivity (Wildman–Crippen MR) is 75.4 cm³/mol. The van der Waals surface area contributed by atoms with Gasteiger partial charge >= 0.3 is 0 Å². The molecule has 1 unspecified atom stereocenters. The molecule has 1 saturated heterocycles. The molecule has 3 nitrogen and oxygen atoms in total. The monoisotopic (exact) mass is 264 g/mol. The van der Waals surface area contributed by atoms with E-state index in [2.05, 4.69) is 22.8 Å². The highest BCUT2D eigenvalue weighted by atomic mass is 32.1. The smallest absolute Gasteiger partial charge is 0.0772 e. The van der Waals surface area contributed by atoms with E-state index in [9.17, 15) is 5.11 Å². The van der Waals surface area contributed by atoms with Gasteiger partial charge in [-0.2, -0.15) is 0 Å². The predicted octanol–water partition coefficient (Wildman–Crippen LogP) is 1.41. The first kappa shape index (κ1) is 13.6. The van der Waals surface area contributed by atoms with Crippen molar-refractivity contribution < 1.29 is 5.11 Å². The number of hydrogen-bond donors (Lipinski definition) is 2. The van der Waals surface area contributed by atoms with E-state index in [4.69, 9.17) is 5.73 Å². The fourth-order valence-electron chi connectivity index (χ4n) is 2.35. The standard InChI is InChI=1S/C14H20N2OS/c1-14(17)7-3-9-16(11-14)10-13-6-5-12(18-13)4-2-8-15/h5-6,17H,3,7-11,15H2,1H3. The summed E-state index contributed by atoms with van der Waals surface area (Å²) in [4.78, 5) is 4.68. The van der Waals surface area contributed by atoms with Gasteiger partial charge in [0.15, 0.2) is 0 Å². The van der Waals surface area contributed by atoms with E-state index in [0.29, 0.717) is 6.54 Å². The molecule has 2 heterocycles. The lowest BCUT2D eigenvalue weighted by molar-refractivity contribution is -0.0178. The van der Waals surface area contributed by atoms with E-state index >= 15 is 0 Å². The van der Waals surface area contributed by atoms with E-state index in [-0.39, 0.29) is 0 Å². The largest absolute Gasteiger partial charge is 0.389 e. The Labute approximate surface area is 113 Å². The summed E-state index contributed by atoms with van der Waals surface area (Å²) in [5, 5.41) is 10.1. The highest BCUT2D eigenvalue weighted by molar-refractivity contribution is 7.12. The molecular formula is C14H20N2OS. The van der Waals surface area contributed by atoms with Gasteiger partial charge in [-0.1, -0.05) is 11.8 Å². The third kappa shape index (κ3) is 3.82. The molecule has 18 heavy (non-hydrogen) atoms. The van der Waals surface area contributed by atoms with Crippen molar-refractivity contribution in [1.29, 1.82) is 0 Å². The summed E-state index contributed by atoms with van der Waals surface area (Å²) in [5.74, 6) is 5.92. The Morgan fingerprint density at radius 3 is 3.11 bits per heavy atom. The van der Waals surface area contributed by atoms with Crippen LogP contribution in [0.1, 0.15) is 29.5 Å². The van der Waals surface area contributed by atoms with Gasteiger partial charge < -0.3 is 10.8 Å². The average Bonchev–Trinajstić information content (AvgIpc) is 2.73. The lowest BCUT2D eigenvalue weighted by atomic mass is 9.95. The summed E-state index contributed by atoms with van der Waals surface area (Å²) >= 11 is 1.71. The Bertz CT molecular complexity index is 456. The molecule has 1 fully saturated rings. The Hall–Kier alpha value is -0.860. The van der Waals surface area contributed by atoms with Gasteiger partial charge in [0.05, 0.1) is 17.0 Å². The molecule has 1 aliphatic rings. The molecule has 0 aliphatic carbocycles. The third-order valence-corrected chi connectivity index (χ3v) is 4.09. The van der Waals surface area contributed by atoms with Crippen LogP contribution in [0.5, 0.6) is 0 Å². The van der Waals surface area contributed by atoms with Crippen LogP contribution in [0.2, 0.25) is 0 Å². The number of piperidine rings is 1. The lowest BCUT2D eigenvalue weighted by Crippen LogP contribution is -2.45. The summed E-state index contributed by atoms with van der Waals surface area (Å²) < 4.78 is 0. The number of hydrogen-bond acceptors (Lipinski definition) is 4. The molecule has 3 N–H and O–H groups in total. The van der Waals surface area contributed by atoms with Crippen molar-refractivity contribution >= 4 is 11.3 Å². The maximum absolute atomic E-state index is 10.1. The maximum atomic E-state index is 10.1. The Morgan fingerprint density at radius 1 is 1.56 bits per heavy atom. The van der Waals surface area contributed by atoms with E-state index in [1.165, 1.54) is 4.88 Å².